The van der Waals surface area contributed by atoms with Crippen LogP contribution in [-0.4, -0.2) is 41.3 Å². The zero-order valence-electron chi connectivity index (χ0n) is 12.3. The Morgan fingerprint density at radius 2 is 2.14 bits per heavy atom. The van der Waals surface area contributed by atoms with Gasteiger partial charge in [0.25, 0.3) is 5.91 Å². The Hall–Kier alpha value is -1.73. The highest BCUT2D eigenvalue weighted by Crippen LogP contribution is 2.29. The molecule has 2 amide bonds. The summed E-state index contributed by atoms with van der Waals surface area (Å²) in [6, 6.07) is 1.99. The molecule has 1 aliphatic heterocycles. The fraction of sp³-hybridized carbons (Fsp3) is 0.400. The van der Waals surface area contributed by atoms with Crippen LogP contribution < -0.4 is 5.32 Å². The highest BCUT2D eigenvalue weighted by molar-refractivity contribution is 7.17. The lowest BCUT2D eigenvalue weighted by atomic mass is 10.3. The van der Waals surface area contributed by atoms with Crippen molar-refractivity contribution in [3.63, 3.8) is 0 Å². The van der Waals surface area contributed by atoms with Crippen molar-refractivity contribution in [2.75, 3.05) is 19.6 Å². The van der Waals surface area contributed by atoms with Crippen LogP contribution >= 0.6 is 22.7 Å². The van der Waals surface area contributed by atoms with Gasteiger partial charge in [0.2, 0.25) is 5.91 Å². The number of hydrogen-bond acceptors (Lipinski definition) is 5. The average molecular weight is 335 g/mol. The van der Waals surface area contributed by atoms with Crippen LogP contribution in [0.2, 0.25) is 0 Å². The minimum Gasteiger partial charge on any atom is -0.342 e. The number of nitrogens with one attached hydrogen (secondary N) is 1. The lowest BCUT2D eigenvalue weighted by Gasteiger charge is -2.15. The molecule has 1 saturated heterocycles. The maximum Gasteiger partial charge on any atom is 0.263 e. The summed E-state index contributed by atoms with van der Waals surface area (Å²) in [7, 11) is 0. The number of hydrogen-bond donors (Lipinski definition) is 1. The number of carbonyl (C=O) groups excluding carboxylic acids is 2. The molecule has 2 aromatic rings. The Morgan fingerprint density at radius 3 is 2.82 bits per heavy atom. The quantitative estimate of drug-likeness (QED) is 0.934. The van der Waals surface area contributed by atoms with Crippen LogP contribution in [0.5, 0.6) is 0 Å². The molecule has 0 spiro atoms. The van der Waals surface area contributed by atoms with E-state index in [0.29, 0.717) is 10.6 Å². The predicted octanol–water partition coefficient (Wildman–Crippen LogP) is 2.53. The van der Waals surface area contributed by atoms with Crippen molar-refractivity contribution in [3.05, 3.63) is 27.4 Å². The number of thiazole rings is 1. The first kappa shape index (κ1) is 15.2. The molecule has 3 heterocycles. The van der Waals surface area contributed by atoms with Gasteiger partial charge < -0.3 is 10.2 Å². The summed E-state index contributed by atoms with van der Waals surface area (Å²) in [6.45, 7) is 3.49. The Morgan fingerprint density at radius 1 is 1.36 bits per heavy atom. The molecule has 0 atom stereocenters. The summed E-state index contributed by atoms with van der Waals surface area (Å²) >= 11 is 2.97. The van der Waals surface area contributed by atoms with Crippen molar-refractivity contribution in [2.24, 2.45) is 0 Å². The SMILES string of the molecule is Cc1nc(-c2ccsc2)sc1C(=O)NCC(=O)N1CCCC1. The van der Waals surface area contributed by atoms with Gasteiger partial charge in [0.05, 0.1) is 12.2 Å². The maximum atomic E-state index is 12.3. The van der Waals surface area contributed by atoms with E-state index in [9.17, 15) is 9.59 Å². The second kappa shape index (κ2) is 6.58. The summed E-state index contributed by atoms with van der Waals surface area (Å²) < 4.78 is 0. The number of aromatic nitrogens is 1. The van der Waals surface area contributed by atoms with E-state index in [4.69, 9.17) is 0 Å². The van der Waals surface area contributed by atoms with Gasteiger partial charge in [-0.15, -0.1) is 11.3 Å². The number of amides is 2. The third-order valence-corrected chi connectivity index (χ3v) is 5.52. The van der Waals surface area contributed by atoms with E-state index in [-0.39, 0.29) is 18.4 Å². The number of carbonyl (C=O) groups is 2. The van der Waals surface area contributed by atoms with Gasteiger partial charge in [0.15, 0.2) is 0 Å². The summed E-state index contributed by atoms with van der Waals surface area (Å²) in [5, 5.41) is 7.56. The molecule has 0 radical (unpaired) electrons. The molecule has 0 aliphatic carbocycles. The molecule has 22 heavy (non-hydrogen) atoms. The van der Waals surface area contributed by atoms with Gasteiger partial charge in [-0.3, -0.25) is 9.59 Å². The lowest BCUT2D eigenvalue weighted by molar-refractivity contribution is -0.129. The highest BCUT2D eigenvalue weighted by atomic mass is 32.1. The molecule has 1 aliphatic rings. The lowest BCUT2D eigenvalue weighted by Crippen LogP contribution is -2.38. The molecular weight excluding hydrogens is 318 g/mol. The molecule has 0 saturated carbocycles. The molecule has 0 bridgehead atoms. The van der Waals surface area contributed by atoms with E-state index in [1.54, 1.807) is 16.2 Å². The fourth-order valence-electron chi connectivity index (χ4n) is 2.43. The van der Waals surface area contributed by atoms with Gasteiger partial charge in [-0.2, -0.15) is 11.3 Å². The van der Waals surface area contributed by atoms with E-state index < -0.39 is 0 Å². The molecule has 0 unspecified atom stereocenters. The smallest absolute Gasteiger partial charge is 0.263 e. The molecule has 1 N–H and O–H groups in total. The van der Waals surface area contributed by atoms with Crippen LogP contribution in [0.3, 0.4) is 0 Å². The van der Waals surface area contributed by atoms with Gasteiger partial charge in [0.1, 0.15) is 9.88 Å². The van der Waals surface area contributed by atoms with Crippen LogP contribution in [0.25, 0.3) is 10.6 Å². The van der Waals surface area contributed by atoms with Crippen molar-refractivity contribution < 1.29 is 9.59 Å². The minimum absolute atomic E-state index is 0.00826. The van der Waals surface area contributed by atoms with E-state index in [1.165, 1.54) is 11.3 Å². The number of likely N-dealkylation sites (tertiary alicyclic amines) is 1. The van der Waals surface area contributed by atoms with E-state index in [0.717, 1.165) is 36.5 Å². The third-order valence-electron chi connectivity index (χ3n) is 3.63. The van der Waals surface area contributed by atoms with Crippen LogP contribution in [-0.2, 0) is 4.79 Å². The van der Waals surface area contributed by atoms with Crippen molar-refractivity contribution in [2.45, 2.75) is 19.8 Å². The molecule has 116 valence electrons. The Labute approximate surface area is 137 Å². The third kappa shape index (κ3) is 3.20. The molecule has 1 fully saturated rings. The average Bonchev–Trinajstić information content (AvgIpc) is 3.23. The first-order valence-corrected chi connectivity index (χ1v) is 8.97. The van der Waals surface area contributed by atoms with Gasteiger partial charge in [-0.1, -0.05) is 0 Å². The number of nitrogens with zero attached hydrogens (tertiary/aromatic N) is 2. The molecule has 0 aromatic carbocycles. The van der Waals surface area contributed by atoms with Gasteiger partial charge in [-0.05, 0) is 31.2 Å². The van der Waals surface area contributed by atoms with Crippen molar-refractivity contribution in [3.8, 4) is 10.6 Å². The van der Waals surface area contributed by atoms with Gasteiger partial charge >= 0.3 is 0 Å². The molecule has 5 nitrogen and oxygen atoms in total. The van der Waals surface area contributed by atoms with Crippen LogP contribution in [0, 0.1) is 6.92 Å². The Bertz CT molecular complexity index is 673. The largest absolute Gasteiger partial charge is 0.342 e. The predicted molar refractivity (Wildman–Crippen MR) is 88.3 cm³/mol. The summed E-state index contributed by atoms with van der Waals surface area (Å²) in [5.41, 5.74) is 1.74. The number of aryl methyl sites for hydroxylation is 1. The Balaban J connectivity index is 1.63. The van der Waals surface area contributed by atoms with Gasteiger partial charge in [-0.25, -0.2) is 4.98 Å². The zero-order valence-corrected chi connectivity index (χ0v) is 13.9. The normalized spacial score (nSPS) is 14.3. The summed E-state index contributed by atoms with van der Waals surface area (Å²) in [5.74, 6) is -0.227. The van der Waals surface area contributed by atoms with Crippen LogP contribution in [0.1, 0.15) is 28.2 Å². The van der Waals surface area contributed by atoms with Crippen LogP contribution in [0.4, 0.5) is 0 Å². The monoisotopic (exact) mass is 335 g/mol. The first-order chi connectivity index (χ1) is 10.6. The van der Waals surface area contributed by atoms with E-state index in [1.807, 2.05) is 23.8 Å². The zero-order chi connectivity index (χ0) is 15.5. The topological polar surface area (TPSA) is 62.3 Å². The van der Waals surface area contributed by atoms with Crippen molar-refractivity contribution >= 4 is 34.5 Å². The second-order valence-electron chi connectivity index (χ2n) is 5.22. The highest BCUT2D eigenvalue weighted by Gasteiger charge is 2.20. The Kier molecular flexibility index (Phi) is 4.54. The summed E-state index contributed by atoms with van der Waals surface area (Å²) in [6.07, 6.45) is 2.11. The fourth-order valence-corrected chi connectivity index (χ4v) is 4.13. The number of thiophene rings is 1. The standard InChI is InChI=1S/C15H17N3O2S2/c1-10-13(22-15(17-10)11-4-7-21-9-11)14(20)16-8-12(19)18-5-2-3-6-18/h4,7,9H,2-3,5-6,8H2,1H3,(H,16,20). The maximum absolute atomic E-state index is 12.3. The summed E-state index contributed by atoms with van der Waals surface area (Å²) in [4.78, 5) is 31.0. The number of rotatable bonds is 4. The first-order valence-electron chi connectivity index (χ1n) is 7.21. The molecule has 7 heteroatoms. The molecule has 3 rings (SSSR count). The minimum atomic E-state index is -0.218. The van der Waals surface area contributed by atoms with E-state index in [2.05, 4.69) is 10.3 Å². The van der Waals surface area contributed by atoms with Crippen molar-refractivity contribution in [1.82, 2.24) is 15.2 Å². The molecular formula is C15H17N3O2S2. The van der Waals surface area contributed by atoms with E-state index >= 15 is 0 Å². The van der Waals surface area contributed by atoms with Crippen molar-refractivity contribution in [1.29, 1.82) is 0 Å². The van der Waals surface area contributed by atoms with Crippen LogP contribution in [0.15, 0.2) is 16.8 Å². The van der Waals surface area contributed by atoms with Gasteiger partial charge in [0, 0.05) is 24.0 Å². The second-order valence-corrected chi connectivity index (χ2v) is 7.00. The molecule has 2 aromatic heterocycles.